The standard InChI is InChI=1S/C19H22N4O5S.ClH/c1-4-27-13-6-7-14-16(12-13)29-19(20-14)22(11-5-10-21(2)3)18(24)15-8-9-17(28-15)23(25)26;/h6-9,12H,4-5,10-11H2,1-3H3;1H. The van der Waals surface area contributed by atoms with Gasteiger partial charge in [0.1, 0.15) is 10.7 Å². The number of aromatic nitrogens is 1. The van der Waals surface area contributed by atoms with Crippen molar-refractivity contribution in [2.75, 3.05) is 38.7 Å². The molecular weight excluding hydrogens is 432 g/mol. The number of ether oxygens (including phenoxy) is 1. The molecule has 0 radical (unpaired) electrons. The summed E-state index contributed by atoms with van der Waals surface area (Å²) >= 11 is 1.37. The van der Waals surface area contributed by atoms with Gasteiger partial charge in [0.05, 0.1) is 22.9 Å². The predicted molar refractivity (Wildman–Crippen MR) is 118 cm³/mol. The van der Waals surface area contributed by atoms with Gasteiger partial charge in [0.15, 0.2) is 10.9 Å². The molecule has 0 aliphatic carbocycles. The first-order valence-electron chi connectivity index (χ1n) is 9.13. The Labute approximate surface area is 183 Å². The van der Waals surface area contributed by atoms with Gasteiger partial charge in [0.25, 0.3) is 5.91 Å². The number of carbonyl (C=O) groups excluding carboxylic acids is 1. The molecule has 3 aromatic rings. The van der Waals surface area contributed by atoms with Gasteiger partial charge >= 0.3 is 5.88 Å². The van der Waals surface area contributed by atoms with Crippen LogP contribution in [0.25, 0.3) is 10.2 Å². The number of hydrogen-bond acceptors (Lipinski definition) is 8. The zero-order valence-corrected chi connectivity index (χ0v) is 18.5. The molecule has 1 amide bonds. The van der Waals surface area contributed by atoms with Gasteiger partial charge in [-0.25, -0.2) is 4.98 Å². The molecule has 0 aliphatic rings. The Bertz CT molecular complexity index is 1020. The van der Waals surface area contributed by atoms with Crippen molar-refractivity contribution in [3.8, 4) is 5.75 Å². The summed E-state index contributed by atoms with van der Waals surface area (Å²) in [5.41, 5.74) is 0.754. The second-order valence-corrected chi connectivity index (χ2v) is 7.58. The van der Waals surface area contributed by atoms with Crippen LogP contribution in [0.2, 0.25) is 0 Å². The van der Waals surface area contributed by atoms with E-state index in [1.165, 1.54) is 28.4 Å². The maximum Gasteiger partial charge on any atom is 0.433 e. The molecule has 30 heavy (non-hydrogen) atoms. The number of rotatable bonds is 9. The minimum Gasteiger partial charge on any atom is -0.494 e. The van der Waals surface area contributed by atoms with E-state index < -0.39 is 16.7 Å². The first kappa shape index (κ1) is 23.6. The number of anilines is 1. The number of benzene rings is 1. The smallest absolute Gasteiger partial charge is 0.433 e. The van der Waals surface area contributed by atoms with E-state index in [0.29, 0.717) is 24.7 Å². The van der Waals surface area contributed by atoms with Crippen molar-refractivity contribution in [1.29, 1.82) is 0 Å². The van der Waals surface area contributed by atoms with Gasteiger partial charge in [-0.2, -0.15) is 0 Å². The fraction of sp³-hybridized carbons (Fsp3) is 0.368. The quantitative estimate of drug-likeness (QED) is 0.352. The molecule has 0 N–H and O–H groups in total. The van der Waals surface area contributed by atoms with E-state index in [1.807, 2.05) is 44.1 Å². The van der Waals surface area contributed by atoms with E-state index in [2.05, 4.69) is 4.98 Å². The van der Waals surface area contributed by atoms with E-state index in [1.54, 1.807) is 0 Å². The fourth-order valence-electron chi connectivity index (χ4n) is 2.77. The minimum atomic E-state index is -0.667. The van der Waals surface area contributed by atoms with Gasteiger partial charge in [-0.15, -0.1) is 12.4 Å². The van der Waals surface area contributed by atoms with Crippen LogP contribution in [0.15, 0.2) is 34.7 Å². The molecule has 0 unspecified atom stereocenters. The van der Waals surface area contributed by atoms with Crippen LogP contribution in [-0.2, 0) is 0 Å². The zero-order chi connectivity index (χ0) is 21.0. The Balaban J connectivity index is 0.00000320. The molecular formula is C19H23ClN4O5S. The van der Waals surface area contributed by atoms with Crippen molar-refractivity contribution in [3.63, 3.8) is 0 Å². The van der Waals surface area contributed by atoms with Crippen LogP contribution in [0, 0.1) is 10.1 Å². The molecule has 0 aliphatic heterocycles. The van der Waals surface area contributed by atoms with Gasteiger partial charge in [0, 0.05) is 6.54 Å². The van der Waals surface area contributed by atoms with Crippen LogP contribution < -0.4 is 9.64 Å². The van der Waals surface area contributed by atoms with Crippen molar-refractivity contribution in [1.82, 2.24) is 9.88 Å². The lowest BCUT2D eigenvalue weighted by Gasteiger charge is -2.19. The third-order valence-corrected chi connectivity index (χ3v) is 5.15. The van der Waals surface area contributed by atoms with E-state index in [4.69, 9.17) is 9.15 Å². The summed E-state index contributed by atoms with van der Waals surface area (Å²) in [6.45, 7) is 3.66. The fourth-order valence-corrected chi connectivity index (χ4v) is 3.79. The molecule has 0 spiro atoms. The summed E-state index contributed by atoms with van der Waals surface area (Å²) in [5.74, 6) is -0.272. The largest absolute Gasteiger partial charge is 0.494 e. The molecule has 3 rings (SSSR count). The SMILES string of the molecule is CCOc1ccc2nc(N(CCCN(C)C)C(=O)c3ccc([N+](=O)[O-])o3)sc2c1.Cl. The summed E-state index contributed by atoms with van der Waals surface area (Å²) in [5, 5.41) is 11.4. The first-order valence-corrected chi connectivity index (χ1v) is 9.95. The molecule has 0 saturated heterocycles. The Kier molecular flexibility index (Phi) is 8.16. The normalized spacial score (nSPS) is 10.8. The molecule has 1 aromatic carbocycles. The van der Waals surface area contributed by atoms with Crippen LogP contribution in [0.4, 0.5) is 11.0 Å². The number of nitro groups is 1. The molecule has 11 heteroatoms. The van der Waals surface area contributed by atoms with Gasteiger partial charge < -0.3 is 14.1 Å². The Hall–Kier alpha value is -2.69. The highest BCUT2D eigenvalue weighted by Crippen LogP contribution is 2.32. The van der Waals surface area contributed by atoms with Crippen molar-refractivity contribution >= 4 is 50.9 Å². The number of hydrogen-bond donors (Lipinski definition) is 0. The summed E-state index contributed by atoms with van der Waals surface area (Å²) in [4.78, 5) is 31.4. The van der Waals surface area contributed by atoms with E-state index in [-0.39, 0.29) is 18.2 Å². The maximum atomic E-state index is 13.0. The molecule has 0 fully saturated rings. The average molecular weight is 455 g/mol. The maximum absolute atomic E-state index is 13.0. The third-order valence-electron chi connectivity index (χ3n) is 4.11. The molecule has 2 aromatic heterocycles. The van der Waals surface area contributed by atoms with Crippen molar-refractivity contribution < 1.29 is 18.9 Å². The average Bonchev–Trinajstić information content (AvgIpc) is 3.31. The molecule has 2 heterocycles. The van der Waals surface area contributed by atoms with E-state index >= 15 is 0 Å². The molecule has 0 saturated carbocycles. The summed E-state index contributed by atoms with van der Waals surface area (Å²) in [7, 11) is 3.91. The second kappa shape index (κ2) is 10.4. The molecule has 9 nitrogen and oxygen atoms in total. The molecule has 0 bridgehead atoms. The Morgan fingerprint density at radius 3 is 2.67 bits per heavy atom. The number of carbonyl (C=O) groups is 1. The summed E-state index contributed by atoms with van der Waals surface area (Å²) < 4.78 is 11.5. The van der Waals surface area contributed by atoms with Gasteiger partial charge in [-0.05, 0) is 58.3 Å². The lowest BCUT2D eigenvalue weighted by atomic mass is 10.3. The van der Waals surface area contributed by atoms with Crippen molar-refractivity contribution in [2.45, 2.75) is 13.3 Å². The third kappa shape index (κ3) is 5.47. The van der Waals surface area contributed by atoms with Crippen LogP contribution in [0.5, 0.6) is 5.75 Å². The highest BCUT2D eigenvalue weighted by Gasteiger charge is 2.26. The van der Waals surface area contributed by atoms with E-state index in [9.17, 15) is 14.9 Å². The number of furan rings is 1. The predicted octanol–water partition coefficient (Wildman–Crippen LogP) is 4.22. The van der Waals surface area contributed by atoms with Crippen LogP contribution >= 0.6 is 23.7 Å². The highest BCUT2D eigenvalue weighted by molar-refractivity contribution is 7.22. The highest BCUT2D eigenvalue weighted by atomic mass is 35.5. The number of amides is 1. The van der Waals surface area contributed by atoms with Gasteiger partial charge in [-0.1, -0.05) is 11.3 Å². The van der Waals surface area contributed by atoms with E-state index in [0.717, 1.165) is 22.5 Å². The number of nitrogens with zero attached hydrogens (tertiary/aromatic N) is 4. The number of halogens is 1. The van der Waals surface area contributed by atoms with Gasteiger partial charge in [0.2, 0.25) is 0 Å². The topological polar surface area (TPSA) is 102 Å². The Morgan fingerprint density at radius 1 is 1.27 bits per heavy atom. The van der Waals surface area contributed by atoms with Crippen LogP contribution in [0.1, 0.15) is 23.9 Å². The summed E-state index contributed by atoms with van der Waals surface area (Å²) in [6, 6.07) is 8.07. The number of thiazole rings is 1. The number of fused-ring (bicyclic) bond motifs is 1. The summed E-state index contributed by atoms with van der Waals surface area (Å²) in [6.07, 6.45) is 0.710. The van der Waals surface area contributed by atoms with Gasteiger partial charge in [-0.3, -0.25) is 19.8 Å². The lowest BCUT2D eigenvalue weighted by Crippen LogP contribution is -2.33. The van der Waals surface area contributed by atoms with Crippen LogP contribution in [-0.4, -0.2) is 54.5 Å². The Morgan fingerprint density at radius 2 is 2.03 bits per heavy atom. The monoisotopic (exact) mass is 454 g/mol. The van der Waals surface area contributed by atoms with Crippen molar-refractivity contribution in [3.05, 3.63) is 46.2 Å². The van der Waals surface area contributed by atoms with Crippen molar-refractivity contribution in [2.24, 2.45) is 0 Å². The zero-order valence-electron chi connectivity index (χ0n) is 16.9. The minimum absolute atomic E-state index is 0. The first-order chi connectivity index (χ1) is 13.9. The lowest BCUT2D eigenvalue weighted by molar-refractivity contribution is -0.402. The van der Waals surface area contributed by atoms with Crippen LogP contribution in [0.3, 0.4) is 0 Å². The molecule has 0 atom stereocenters. The molecule has 162 valence electrons. The second-order valence-electron chi connectivity index (χ2n) is 6.57.